The number of carbonyl (C=O) groups excluding carboxylic acids is 1. The first-order chi connectivity index (χ1) is 17.0. The lowest BCUT2D eigenvalue weighted by atomic mass is 10.1. The first-order valence-electron chi connectivity index (χ1n) is 11.9. The van der Waals surface area contributed by atoms with E-state index in [1.807, 2.05) is 43.0 Å². The molecular weight excluding hydrogens is 450 g/mol. The van der Waals surface area contributed by atoms with Crippen LogP contribution in [0.1, 0.15) is 30.8 Å². The Balaban J connectivity index is 1.18. The molecule has 182 valence electrons. The van der Waals surface area contributed by atoms with Crippen LogP contribution in [0.15, 0.2) is 45.8 Å². The highest BCUT2D eigenvalue weighted by Gasteiger charge is 2.30. The van der Waals surface area contributed by atoms with Crippen LogP contribution in [0.3, 0.4) is 0 Å². The van der Waals surface area contributed by atoms with Gasteiger partial charge in [0.1, 0.15) is 17.4 Å². The molecule has 10 heteroatoms. The molecule has 5 heterocycles. The molecule has 2 aliphatic heterocycles. The van der Waals surface area contributed by atoms with Gasteiger partial charge in [0.2, 0.25) is 12.7 Å². The lowest BCUT2D eigenvalue weighted by molar-refractivity contribution is -0.137. The van der Waals surface area contributed by atoms with Gasteiger partial charge in [0.15, 0.2) is 17.1 Å². The molecule has 0 saturated carbocycles. The van der Waals surface area contributed by atoms with E-state index >= 15 is 0 Å². The molecule has 1 fully saturated rings. The molecule has 2 aliphatic rings. The summed E-state index contributed by atoms with van der Waals surface area (Å²) in [7, 11) is 0. The van der Waals surface area contributed by atoms with E-state index in [9.17, 15) is 9.59 Å². The molecule has 1 saturated heterocycles. The van der Waals surface area contributed by atoms with Crippen LogP contribution in [0.25, 0.3) is 16.6 Å². The highest BCUT2D eigenvalue weighted by atomic mass is 16.7. The molecule has 6 rings (SSSR count). The SMILES string of the molecule is CC[C@H](C(=O)N1CCN(Cc2ccc3c(c2)OCO3)CC1)n1nc(C)n2c(cc3occc32)c1=O. The van der Waals surface area contributed by atoms with Crippen molar-refractivity contribution < 1.29 is 18.7 Å². The summed E-state index contributed by atoms with van der Waals surface area (Å²) >= 11 is 0. The maximum absolute atomic E-state index is 13.5. The molecule has 3 aromatic heterocycles. The van der Waals surface area contributed by atoms with E-state index in [1.54, 1.807) is 16.7 Å². The molecular formula is C25H27N5O5. The monoisotopic (exact) mass is 477 g/mol. The Morgan fingerprint density at radius 3 is 2.66 bits per heavy atom. The molecule has 0 bridgehead atoms. The summed E-state index contributed by atoms with van der Waals surface area (Å²) in [6.45, 7) is 7.51. The van der Waals surface area contributed by atoms with Crippen LogP contribution < -0.4 is 15.0 Å². The Bertz CT molecular complexity index is 1480. The number of aromatic nitrogens is 3. The van der Waals surface area contributed by atoms with Crippen LogP contribution >= 0.6 is 0 Å². The maximum Gasteiger partial charge on any atom is 0.291 e. The van der Waals surface area contributed by atoms with Crippen molar-refractivity contribution in [2.45, 2.75) is 32.9 Å². The van der Waals surface area contributed by atoms with Gasteiger partial charge in [-0.05, 0) is 31.0 Å². The van der Waals surface area contributed by atoms with Crippen molar-refractivity contribution in [3.05, 3.63) is 58.3 Å². The summed E-state index contributed by atoms with van der Waals surface area (Å²) in [5, 5.41) is 4.53. The van der Waals surface area contributed by atoms with Crippen LogP contribution in [-0.4, -0.2) is 62.9 Å². The van der Waals surface area contributed by atoms with Gasteiger partial charge in [0, 0.05) is 44.9 Å². The normalized spacial score (nSPS) is 16.9. The van der Waals surface area contributed by atoms with Gasteiger partial charge in [-0.1, -0.05) is 13.0 Å². The summed E-state index contributed by atoms with van der Waals surface area (Å²) in [4.78, 5) is 31.0. The number of nitrogens with zero attached hydrogens (tertiary/aromatic N) is 5. The number of amides is 1. The predicted molar refractivity (Wildman–Crippen MR) is 128 cm³/mol. The van der Waals surface area contributed by atoms with E-state index in [-0.39, 0.29) is 18.3 Å². The lowest BCUT2D eigenvalue weighted by Gasteiger charge is -2.36. The van der Waals surface area contributed by atoms with Gasteiger partial charge in [-0.3, -0.25) is 18.9 Å². The third-order valence-corrected chi connectivity index (χ3v) is 6.92. The Hall–Kier alpha value is -3.79. The topological polar surface area (TPSA) is 94.5 Å². The molecule has 1 amide bonds. The molecule has 0 N–H and O–H groups in total. The fourth-order valence-corrected chi connectivity index (χ4v) is 5.09. The van der Waals surface area contributed by atoms with Gasteiger partial charge < -0.3 is 18.8 Å². The van der Waals surface area contributed by atoms with Crippen LogP contribution in [0, 0.1) is 6.92 Å². The van der Waals surface area contributed by atoms with Gasteiger partial charge in [0.05, 0.1) is 11.8 Å². The average molecular weight is 478 g/mol. The second-order valence-electron chi connectivity index (χ2n) is 9.05. The molecule has 4 aromatic rings. The van der Waals surface area contributed by atoms with Gasteiger partial charge in [-0.25, -0.2) is 4.68 Å². The number of carbonyl (C=O) groups is 1. The zero-order valence-corrected chi connectivity index (χ0v) is 19.8. The number of rotatable bonds is 5. The first-order valence-corrected chi connectivity index (χ1v) is 11.9. The van der Waals surface area contributed by atoms with Crippen molar-refractivity contribution in [3.8, 4) is 11.5 Å². The number of aryl methyl sites for hydroxylation is 1. The Labute approximate surface area is 201 Å². The Kier molecular flexibility index (Phi) is 5.25. The molecule has 0 radical (unpaired) electrons. The third kappa shape index (κ3) is 3.65. The van der Waals surface area contributed by atoms with Crippen molar-refractivity contribution in [2.24, 2.45) is 0 Å². The lowest BCUT2D eigenvalue weighted by Crippen LogP contribution is -2.51. The zero-order chi connectivity index (χ0) is 24.1. The van der Waals surface area contributed by atoms with Gasteiger partial charge in [-0.2, -0.15) is 5.10 Å². The second kappa shape index (κ2) is 8.46. The maximum atomic E-state index is 13.5. The Morgan fingerprint density at radius 2 is 1.86 bits per heavy atom. The molecule has 0 aliphatic carbocycles. The number of piperazine rings is 1. The summed E-state index contributed by atoms with van der Waals surface area (Å²) in [6.07, 6.45) is 2.07. The van der Waals surface area contributed by atoms with E-state index in [0.717, 1.165) is 42.2 Å². The second-order valence-corrected chi connectivity index (χ2v) is 9.05. The highest BCUT2D eigenvalue weighted by Crippen LogP contribution is 2.33. The zero-order valence-electron chi connectivity index (χ0n) is 19.8. The number of fused-ring (bicyclic) bond motifs is 4. The molecule has 1 atom stereocenters. The van der Waals surface area contributed by atoms with Crippen molar-refractivity contribution >= 4 is 22.5 Å². The minimum absolute atomic E-state index is 0.0659. The van der Waals surface area contributed by atoms with Gasteiger partial charge in [-0.15, -0.1) is 0 Å². The minimum Gasteiger partial charge on any atom is -0.463 e. The van der Waals surface area contributed by atoms with E-state index < -0.39 is 6.04 Å². The first kappa shape index (κ1) is 21.7. The molecule has 10 nitrogen and oxygen atoms in total. The van der Waals surface area contributed by atoms with Crippen molar-refractivity contribution in [2.75, 3.05) is 33.0 Å². The highest BCUT2D eigenvalue weighted by molar-refractivity contribution is 5.83. The molecule has 1 aromatic carbocycles. The number of hydrogen-bond acceptors (Lipinski definition) is 7. The smallest absolute Gasteiger partial charge is 0.291 e. The summed E-state index contributed by atoms with van der Waals surface area (Å²) < 4.78 is 19.5. The van der Waals surface area contributed by atoms with Crippen molar-refractivity contribution in [3.63, 3.8) is 0 Å². The summed E-state index contributed by atoms with van der Waals surface area (Å²) in [6, 6.07) is 8.89. The minimum atomic E-state index is -0.646. The number of hydrogen-bond donors (Lipinski definition) is 0. The van der Waals surface area contributed by atoms with Gasteiger partial charge in [0.25, 0.3) is 5.56 Å². The summed E-state index contributed by atoms with van der Waals surface area (Å²) in [5.41, 5.74) is 2.75. The van der Waals surface area contributed by atoms with Crippen LogP contribution in [0.2, 0.25) is 0 Å². The van der Waals surface area contributed by atoms with Crippen LogP contribution in [-0.2, 0) is 11.3 Å². The predicted octanol–water partition coefficient (Wildman–Crippen LogP) is 2.57. The molecule has 0 spiro atoms. The largest absolute Gasteiger partial charge is 0.463 e. The third-order valence-electron chi connectivity index (χ3n) is 6.92. The van der Waals surface area contributed by atoms with E-state index in [1.165, 1.54) is 4.68 Å². The fourth-order valence-electron chi connectivity index (χ4n) is 5.09. The van der Waals surface area contributed by atoms with E-state index in [0.29, 0.717) is 36.4 Å². The summed E-state index contributed by atoms with van der Waals surface area (Å²) in [5.74, 6) is 2.13. The quantitative estimate of drug-likeness (QED) is 0.436. The number of ether oxygens (including phenoxy) is 2. The number of benzene rings is 1. The van der Waals surface area contributed by atoms with E-state index in [2.05, 4.69) is 10.00 Å². The van der Waals surface area contributed by atoms with Crippen LogP contribution in [0.4, 0.5) is 0 Å². The Morgan fingerprint density at radius 1 is 1.06 bits per heavy atom. The molecule has 35 heavy (non-hydrogen) atoms. The van der Waals surface area contributed by atoms with Crippen molar-refractivity contribution in [1.82, 2.24) is 24.0 Å². The molecule has 0 unspecified atom stereocenters. The van der Waals surface area contributed by atoms with Crippen molar-refractivity contribution in [1.29, 1.82) is 0 Å². The van der Waals surface area contributed by atoms with Gasteiger partial charge >= 0.3 is 0 Å². The standard InChI is InChI=1S/C25H27N5O5/c1-3-18(30-25(32)20-13-22-19(6-11-33-22)29(20)16(2)26-30)24(31)28-9-7-27(8-10-28)14-17-4-5-21-23(12-17)35-15-34-21/h4-6,11-13,18H,3,7-10,14-15H2,1-2H3/t18-/m1/s1. The van der Waals surface area contributed by atoms with E-state index in [4.69, 9.17) is 13.9 Å². The number of furan rings is 1. The average Bonchev–Trinajstić information content (AvgIpc) is 3.59. The van der Waals surface area contributed by atoms with Crippen LogP contribution in [0.5, 0.6) is 11.5 Å². The fraction of sp³-hybridized carbons (Fsp3) is 0.400.